The molecule has 3 rings (SSSR count). The van der Waals surface area contributed by atoms with Gasteiger partial charge in [0.15, 0.2) is 5.69 Å². The Morgan fingerprint density at radius 3 is 2.69 bits per heavy atom. The van der Waals surface area contributed by atoms with Crippen molar-refractivity contribution in [3.8, 4) is 0 Å². The van der Waals surface area contributed by atoms with E-state index in [1.165, 1.54) is 0 Å². The molecule has 0 radical (unpaired) electrons. The molecule has 0 aliphatic carbocycles. The number of amides is 1. The first kappa shape index (κ1) is 21.6. The van der Waals surface area contributed by atoms with Crippen molar-refractivity contribution in [2.24, 2.45) is 5.73 Å². The number of hydrogen-bond acceptors (Lipinski definition) is 5. The number of hydrogen-bond donors (Lipinski definition) is 1. The summed E-state index contributed by atoms with van der Waals surface area (Å²) in [6.07, 6.45) is 0.527. The Kier molecular flexibility index (Phi) is 6.51. The van der Waals surface area contributed by atoms with Crippen molar-refractivity contribution in [1.29, 1.82) is 0 Å². The highest BCUT2D eigenvalue weighted by Crippen LogP contribution is 2.30. The molecule has 7 nitrogen and oxygen atoms in total. The number of nitrogens with zero attached hydrogens (tertiary/aromatic N) is 3. The molecule has 0 spiro atoms. The molecule has 1 aliphatic rings. The minimum Gasteiger partial charge on any atom is -0.461 e. The lowest BCUT2D eigenvalue weighted by Gasteiger charge is -2.33. The van der Waals surface area contributed by atoms with Gasteiger partial charge in [-0.15, -0.1) is 0 Å². The molecule has 0 unspecified atom stereocenters. The van der Waals surface area contributed by atoms with Gasteiger partial charge in [0.1, 0.15) is 0 Å². The molecule has 2 aromatic rings. The van der Waals surface area contributed by atoms with Gasteiger partial charge in [0.05, 0.1) is 34.9 Å². The Morgan fingerprint density at radius 2 is 2.07 bits per heavy atom. The molecule has 2 N–H and O–H groups in total. The van der Waals surface area contributed by atoms with Gasteiger partial charge in [-0.3, -0.25) is 9.48 Å². The van der Waals surface area contributed by atoms with Gasteiger partial charge >= 0.3 is 5.97 Å². The lowest BCUT2D eigenvalue weighted by molar-refractivity contribution is 0.0500. The van der Waals surface area contributed by atoms with Gasteiger partial charge in [-0.2, -0.15) is 5.10 Å². The number of aromatic nitrogens is 2. The summed E-state index contributed by atoms with van der Waals surface area (Å²) >= 11 is 12.0. The first-order valence-corrected chi connectivity index (χ1v) is 10.3. The van der Waals surface area contributed by atoms with Gasteiger partial charge in [-0.25, -0.2) is 4.79 Å². The highest BCUT2D eigenvalue weighted by atomic mass is 35.5. The molecule has 0 saturated carbocycles. The summed E-state index contributed by atoms with van der Waals surface area (Å²) in [4.78, 5) is 27.5. The first-order valence-electron chi connectivity index (χ1n) is 9.51. The van der Waals surface area contributed by atoms with Crippen LogP contribution in [0.2, 0.25) is 10.0 Å². The molecule has 9 heteroatoms. The van der Waals surface area contributed by atoms with Gasteiger partial charge in [0.2, 0.25) is 0 Å². The van der Waals surface area contributed by atoms with Crippen molar-refractivity contribution in [3.05, 3.63) is 50.8 Å². The number of fused-ring (bicyclic) bond motifs is 1. The number of esters is 1. The zero-order chi connectivity index (χ0) is 21.3. The number of carbonyl (C=O) groups excluding carboxylic acids is 2. The zero-order valence-electron chi connectivity index (χ0n) is 16.6. The Labute approximate surface area is 179 Å². The van der Waals surface area contributed by atoms with E-state index in [4.69, 9.17) is 33.7 Å². The van der Waals surface area contributed by atoms with E-state index in [1.54, 1.807) is 34.7 Å². The molecule has 0 fully saturated rings. The van der Waals surface area contributed by atoms with Crippen molar-refractivity contribution in [2.75, 3.05) is 13.2 Å². The van der Waals surface area contributed by atoms with Crippen molar-refractivity contribution in [3.63, 3.8) is 0 Å². The molecule has 2 heterocycles. The quantitative estimate of drug-likeness (QED) is 0.721. The maximum absolute atomic E-state index is 13.1. The van der Waals surface area contributed by atoms with Crippen LogP contribution in [0.5, 0.6) is 0 Å². The van der Waals surface area contributed by atoms with E-state index < -0.39 is 5.97 Å². The van der Waals surface area contributed by atoms with E-state index in [-0.39, 0.29) is 31.1 Å². The summed E-state index contributed by atoms with van der Waals surface area (Å²) in [6.45, 7) is 6.42. The molecular formula is C20H24Cl2N4O3. The third-order valence-electron chi connectivity index (χ3n) is 5.10. The highest BCUT2D eigenvalue weighted by molar-refractivity contribution is 6.42. The molecule has 0 saturated heterocycles. The van der Waals surface area contributed by atoms with Gasteiger partial charge in [-0.1, -0.05) is 23.2 Å². The van der Waals surface area contributed by atoms with Crippen LogP contribution in [-0.2, 0) is 17.7 Å². The number of benzene rings is 1. The molecule has 1 amide bonds. The molecular weight excluding hydrogens is 415 g/mol. The van der Waals surface area contributed by atoms with Crippen molar-refractivity contribution < 1.29 is 14.3 Å². The fraction of sp³-hybridized carbons (Fsp3) is 0.450. The summed E-state index contributed by atoms with van der Waals surface area (Å²) < 4.78 is 6.88. The standard InChI is InChI=1S/C20H24Cl2N4O3/c1-4-29-20(28)18-14-10-25(19(27)13-5-6-15(21)16(22)8-13)11(2)7-17(14)24-26(18)12(3)9-23/h5-6,8,11-12H,4,7,9-10,23H2,1-3H3/t11-,12-/m1/s1. The van der Waals surface area contributed by atoms with Crippen molar-refractivity contribution >= 4 is 35.1 Å². The van der Waals surface area contributed by atoms with Crippen LogP contribution in [-0.4, -0.2) is 45.8 Å². The van der Waals surface area contributed by atoms with E-state index in [1.807, 2.05) is 13.8 Å². The van der Waals surface area contributed by atoms with Crippen LogP contribution in [0.3, 0.4) is 0 Å². The van der Waals surface area contributed by atoms with Crippen molar-refractivity contribution in [1.82, 2.24) is 14.7 Å². The normalized spacial score (nSPS) is 17.0. The van der Waals surface area contributed by atoms with E-state index in [0.29, 0.717) is 39.8 Å². The monoisotopic (exact) mass is 438 g/mol. The van der Waals surface area contributed by atoms with Crippen LogP contribution in [0.25, 0.3) is 0 Å². The Morgan fingerprint density at radius 1 is 1.34 bits per heavy atom. The SMILES string of the molecule is CCOC(=O)c1c2c(nn1[C@H](C)CN)C[C@@H](C)N(C(=O)c1ccc(Cl)c(Cl)c1)C2. The third kappa shape index (κ3) is 4.13. The number of ether oxygens (including phenoxy) is 1. The van der Waals surface area contributed by atoms with Crippen LogP contribution in [0, 0.1) is 0 Å². The average molecular weight is 439 g/mol. The molecule has 29 heavy (non-hydrogen) atoms. The Bertz CT molecular complexity index is 944. The molecule has 0 bridgehead atoms. The fourth-order valence-corrected chi connectivity index (χ4v) is 3.76. The van der Waals surface area contributed by atoms with E-state index in [0.717, 1.165) is 5.69 Å². The molecule has 1 aromatic carbocycles. The van der Waals surface area contributed by atoms with Gasteiger partial charge in [0.25, 0.3) is 5.91 Å². The van der Waals surface area contributed by atoms with Gasteiger partial charge in [-0.05, 0) is 39.0 Å². The second kappa shape index (κ2) is 8.73. The molecule has 1 aromatic heterocycles. The summed E-state index contributed by atoms with van der Waals surface area (Å²) in [5, 5.41) is 5.33. The minimum absolute atomic E-state index is 0.101. The average Bonchev–Trinajstić information content (AvgIpc) is 3.06. The summed E-state index contributed by atoms with van der Waals surface area (Å²) in [7, 11) is 0. The predicted octanol–water partition coefficient (Wildman–Crippen LogP) is 3.47. The maximum Gasteiger partial charge on any atom is 0.356 e. The number of carbonyl (C=O) groups is 2. The lowest BCUT2D eigenvalue weighted by atomic mass is 9.98. The summed E-state index contributed by atoms with van der Waals surface area (Å²) in [6, 6.07) is 4.53. The first-order chi connectivity index (χ1) is 13.8. The van der Waals surface area contributed by atoms with Crippen LogP contribution < -0.4 is 5.73 Å². The Hall–Kier alpha value is -2.09. The molecule has 156 valence electrons. The number of rotatable bonds is 5. The molecule has 1 aliphatic heterocycles. The second-order valence-corrected chi connectivity index (χ2v) is 7.95. The molecule has 2 atom stereocenters. The van der Waals surface area contributed by atoms with Crippen LogP contribution in [0.15, 0.2) is 18.2 Å². The topological polar surface area (TPSA) is 90.4 Å². The van der Waals surface area contributed by atoms with E-state index >= 15 is 0 Å². The maximum atomic E-state index is 13.1. The largest absolute Gasteiger partial charge is 0.461 e. The minimum atomic E-state index is -0.460. The van der Waals surface area contributed by atoms with Gasteiger partial charge in [0, 0.05) is 30.1 Å². The van der Waals surface area contributed by atoms with Crippen LogP contribution >= 0.6 is 23.2 Å². The zero-order valence-corrected chi connectivity index (χ0v) is 18.1. The fourth-order valence-electron chi connectivity index (χ4n) is 3.46. The number of nitrogens with two attached hydrogens (primary N) is 1. The van der Waals surface area contributed by atoms with Gasteiger partial charge < -0.3 is 15.4 Å². The summed E-state index contributed by atoms with van der Waals surface area (Å²) in [5.74, 6) is -0.644. The highest BCUT2D eigenvalue weighted by Gasteiger charge is 2.35. The Balaban J connectivity index is 2.00. The predicted molar refractivity (Wildman–Crippen MR) is 111 cm³/mol. The smallest absolute Gasteiger partial charge is 0.356 e. The van der Waals surface area contributed by atoms with E-state index in [2.05, 4.69) is 5.10 Å². The van der Waals surface area contributed by atoms with Crippen LogP contribution in [0.1, 0.15) is 58.9 Å². The van der Waals surface area contributed by atoms with Crippen molar-refractivity contribution in [2.45, 2.75) is 45.8 Å². The summed E-state index contributed by atoms with van der Waals surface area (Å²) in [5.41, 5.74) is 8.10. The lowest BCUT2D eigenvalue weighted by Crippen LogP contribution is -2.42. The van der Waals surface area contributed by atoms with Crippen LogP contribution in [0.4, 0.5) is 0 Å². The number of halogens is 2. The second-order valence-electron chi connectivity index (χ2n) is 7.14. The third-order valence-corrected chi connectivity index (χ3v) is 5.83. The van der Waals surface area contributed by atoms with E-state index in [9.17, 15) is 9.59 Å².